The first-order chi connectivity index (χ1) is 17.6. The third-order valence-electron chi connectivity index (χ3n) is 6.99. The van der Waals surface area contributed by atoms with E-state index in [1.165, 1.54) is 10.9 Å². The Morgan fingerprint density at radius 2 is 1.83 bits per heavy atom. The molecule has 0 saturated carbocycles. The maximum atomic E-state index is 12.9. The van der Waals surface area contributed by atoms with Crippen molar-refractivity contribution in [2.75, 3.05) is 18.4 Å². The second kappa shape index (κ2) is 9.34. The number of aromatic amines is 1. The monoisotopic (exact) mass is 478 g/mol. The van der Waals surface area contributed by atoms with Crippen LogP contribution in [0.15, 0.2) is 83.5 Å². The average Bonchev–Trinajstić information content (AvgIpc) is 3.55. The van der Waals surface area contributed by atoms with Crippen LogP contribution < -0.4 is 5.32 Å². The zero-order valence-corrected chi connectivity index (χ0v) is 19.7. The summed E-state index contributed by atoms with van der Waals surface area (Å²) in [4.78, 5) is 35.1. The number of pyridine rings is 1. The van der Waals surface area contributed by atoms with E-state index in [2.05, 4.69) is 27.5 Å². The number of likely N-dealkylation sites (tertiary alicyclic amines) is 1. The van der Waals surface area contributed by atoms with E-state index < -0.39 is 0 Å². The highest BCUT2D eigenvalue weighted by Gasteiger charge is 2.25. The molecule has 1 aliphatic heterocycles. The molecule has 6 rings (SSSR count). The van der Waals surface area contributed by atoms with Gasteiger partial charge in [0.1, 0.15) is 11.2 Å². The molecule has 1 saturated heterocycles. The van der Waals surface area contributed by atoms with E-state index in [1.807, 2.05) is 59.5 Å². The summed E-state index contributed by atoms with van der Waals surface area (Å²) < 4.78 is 5.63. The van der Waals surface area contributed by atoms with Gasteiger partial charge in [0.25, 0.3) is 5.91 Å². The summed E-state index contributed by atoms with van der Waals surface area (Å²) in [6.45, 7) is 1.50. The van der Waals surface area contributed by atoms with Crippen molar-refractivity contribution in [3.05, 3.63) is 96.0 Å². The highest BCUT2D eigenvalue weighted by atomic mass is 16.3. The number of benzene rings is 2. The number of hydrogen-bond acceptors (Lipinski definition) is 4. The molecule has 5 aromatic rings. The molecule has 2 amide bonds. The number of rotatable bonds is 5. The zero-order chi connectivity index (χ0) is 24.5. The summed E-state index contributed by atoms with van der Waals surface area (Å²) in [6, 6.07) is 20.7. The molecule has 0 bridgehead atoms. The first-order valence-electron chi connectivity index (χ1n) is 12.2. The number of fused-ring (bicyclic) bond motifs is 2. The summed E-state index contributed by atoms with van der Waals surface area (Å²) >= 11 is 0. The number of hydrogen-bond donors (Lipinski definition) is 2. The van der Waals surface area contributed by atoms with Crippen molar-refractivity contribution < 1.29 is 14.0 Å². The maximum absolute atomic E-state index is 12.9. The Kier molecular flexibility index (Phi) is 5.73. The number of H-pyrrole nitrogens is 1. The fourth-order valence-corrected chi connectivity index (χ4v) is 5.03. The number of piperidine rings is 1. The van der Waals surface area contributed by atoms with Crippen LogP contribution in [-0.2, 0) is 11.2 Å². The first kappa shape index (κ1) is 22.1. The van der Waals surface area contributed by atoms with Crippen molar-refractivity contribution in [1.82, 2.24) is 14.9 Å². The van der Waals surface area contributed by atoms with Gasteiger partial charge in [-0.3, -0.25) is 9.59 Å². The van der Waals surface area contributed by atoms with Gasteiger partial charge >= 0.3 is 0 Å². The number of carbonyl (C=O) groups is 2. The highest BCUT2D eigenvalue weighted by molar-refractivity contribution is 6.04. The quantitative estimate of drug-likeness (QED) is 0.348. The lowest BCUT2D eigenvalue weighted by Gasteiger charge is -2.32. The minimum absolute atomic E-state index is 0.133. The van der Waals surface area contributed by atoms with Crippen LogP contribution in [0, 0.1) is 0 Å². The molecule has 3 aromatic heterocycles. The van der Waals surface area contributed by atoms with Gasteiger partial charge in [0.05, 0.1) is 6.42 Å². The molecule has 2 aromatic carbocycles. The molecule has 0 atom stereocenters. The normalized spacial score (nSPS) is 14.4. The Labute approximate surface area is 208 Å². The molecule has 180 valence electrons. The lowest BCUT2D eigenvalue weighted by atomic mass is 9.89. The number of furan rings is 1. The number of anilines is 1. The molecule has 0 spiro atoms. The second-order valence-electron chi connectivity index (χ2n) is 9.27. The topological polar surface area (TPSA) is 91.2 Å². The van der Waals surface area contributed by atoms with Gasteiger partial charge < -0.3 is 19.6 Å². The first-order valence-corrected chi connectivity index (χ1v) is 12.2. The van der Waals surface area contributed by atoms with Crippen molar-refractivity contribution in [3.8, 4) is 0 Å². The molecule has 4 heterocycles. The summed E-state index contributed by atoms with van der Waals surface area (Å²) in [7, 11) is 0. The summed E-state index contributed by atoms with van der Waals surface area (Å²) in [5.41, 5.74) is 4.48. The van der Waals surface area contributed by atoms with E-state index in [-0.39, 0.29) is 17.6 Å². The summed E-state index contributed by atoms with van der Waals surface area (Å²) in [6.07, 6.45) is 6.10. The van der Waals surface area contributed by atoms with Crippen LogP contribution in [0.25, 0.3) is 22.0 Å². The van der Waals surface area contributed by atoms with E-state index in [0.717, 1.165) is 42.5 Å². The molecule has 0 aliphatic carbocycles. The third kappa shape index (κ3) is 4.35. The van der Waals surface area contributed by atoms with Crippen LogP contribution in [0.1, 0.15) is 40.4 Å². The largest absolute Gasteiger partial charge is 0.451 e. The SMILES string of the molecule is O=C(Nc1ccc(CC(=O)N2CCC(c3c[nH]c4ncccc34)CC2)cc1)c1cc2ccccc2o1. The molecule has 1 fully saturated rings. The van der Waals surface area contributed by atoms with Gasteiger partial charge in [0.15, 0.2) is 5.76 Å². The smallest absolute Gasteiger partial charge is 0.291 e. The van der Waals surface area contributed by atoms with E-state index >= 15 is 0 Å². The van der Waals surface area contributed by atoms with Gasteiger partial charge in [-0.15, -0.1) is 0 Å². The number of para-hydroxylation sites is 1. The van der Waals surface area contributed by atoms with Crippen molar-refractivity contribution in [3.63, 3.8) is 0 Å². The summed E-state index contributed by atoms with van der Waals surface area (Å²) in [5.74, 6) is 0.529. The molecule has 7 heteroatoms. The maximum Gasteiger partial charge on any atom is 0.291 e. The van der Waals surface area contributed by atoms with Gasteiger partial charge in [0, 0.05) is 41.9 Å². The fourth-order valence-electron chi connectivity index (χ4n) is 5.03. The van der Waals surface area contributed by atoms with Crippen LogP contribution >= 0.6 is 0 Å². The van der Waals surface area contributed by atoms with Crippen molar-refractivity contribution in [2.24, 2.45) is 0 Å². The standard InChI is InChI=1S/C29H26N4O3/c34-27(33-14-11-20(12-15-33)24-18-31-28-23(24)5-3-13-30-28)16-19-7-9-22(10-8-19)32-29(35)26-17-21-4-1-2-6-25(21)36-26/h1-10,13,17-18,20H,11-12,14-16H2,(H,30,31)(H,32,35). The predicted molar refractivity (Wildman–Crippen MR) is 139 cm³/mol. The lowest BCUT2D eigenvalue weighted by Crippen LogP contribution is -2.38. The van der Waals surface area contributed by atoms with Gasteiger partial charge in [0.2, 0.25) is 5.91 Å². The van der Waals surface area contributed by atoms with Crippen LogP contribution in [0.4, 0.5) is 5.69 Å². The number of carbonyl (C=O) groups excluding carboxylic acids is 2. The fraction of sp³-hybridized carbons (Fsp3) is 0.207. The molecule has 1 aliphatic rings. The van der Waals surface area contributed by atoms with Crippen LogP contribution in [-0.4, -0.2) is 39.8 Å². The Morgan fingerprint density at radius 1 is 1.03 bits per heavy atom. The van der Waals surface area contributed by atoms with E-state index in [4.69, 9.17) is 4.42 Å². The van der Waals surface area contributed by atoms with Crippen LogP contribution in [0.5, 0.6) is 0 Å². The predicted octanol–water partition coefficient (Wildman–Crippen LogP) is 5.51. The Morgan fingerprint density at radius 3 is 2.64 bits per heavy atom. The Hall–Kier alpha value is -4.39. The van der Waals surface area contributed by atoms with Crippen molar-refractivity contribution in [2.45, 2.75) is 25.2 Å². The van der Waals surface area contributed by atoms with Gasteiger partial charge in [-0.1, -0.05) is 30.3 Å². The molecule has 2 N–H and O–H groups in total. The summed E-state index contributed by atoms with van der Waals surface area (Å²) in [5, 5.41) is 4.92. The van der Waals surface area contributed by atoms with Gasteiger partial charge in [-0.2, -0.15) is 0 Å². The molecule has 0 unspecified atom stereocenters. The van der Waals surface area contributed by atoms with Crippen LogP contribution in [0.2, 0.25) is 0 Å². The minimum Gasteiger partial charge on any atom is -0.451 e. The Balaban J connectivity index is 1.03. The number of amides is 2. The Bertz CT molecular complexity index is 1510. The van der Waals surface area contributed by atoms with E-state index in [9.17, 15) is 9.59 Å². The third-order valence-corrected chi connectivity index (χ3v) is 6.99. The van der Waals surface area contributed by atoms with Crippen molar-refractivity contribution >= 4 is 39.5 Å². The van der Waals surface area contributed by atoms with E-state index in [1.54, 1.807) is 12.3 Å². The number of aromatic nitrogens is 2. The van der Waals surface area contributed by atoms with Crippen molar-refractivity contribution in [1.29, 1.82) is 0 Å². The number of nitrogens with one attached hydrogen (secondary N) is 2. The van der Waals surface area contributed by atoms with Gasteiger partial charge in [-0.05, 0) is 66.3 Å². The van der Waals surface area contributed by atoms with Crippen LogP contribution in [0.3, 0.4) is 0 Å². The molecule has 36 heavy (non-hydrogen) atoms. The molecule has 7 nitrogen and oxygen atoms in total. The highest BCUT2D eigenvalue weighted by Crippen LogP contribution is 2.32. The van der Waals surface area contributed by atoms with E-state index in [0.29, 0.717) is 23.6 Å². The molecular formula is C29H26N4O3. The minimum atomic E-state index is -0.302. The second-order valence-corrected chi connectivity index (χ2v) is 9.27. The molecular weight excluding hydrogens is 452 g/mol. The lowest BCUT2D eigenvalue weighted by molar-refractivity contribution is -0.131. The molecule has 0 radical (unpaired) electrons. The van der Waals surface area contributed by atoms with Gasteiger partial charge in [-0.25, -0.2) is 4.98 Å². The number of nitrogens with zero attached hydrogens (tertiary/aromatic N) is 2. The average molecular weight is 479 g/mol. The zero-order valence-electron chi connectivity index (χ0n) is 19.7.